The number of hydrogen-bond acceptors (Lipinski definition) is 3. The number of hydrogen-bond donors (Lipinski definition) is 1. The van der Waals surface area contributed by atoms with Gasteiger partial charge in [-0.2, -0.15) is 0 Å². The highest BCUT2D eigenvalue weighted by Crippen LogP contribution is 2.23. The van der Waals surface area contributed by atoms with Crippen LogP contribution < -0.4 is 0 Å². The molecule has 2 heterocycles. The maximum absolute atomic E-state index is 11.1. The van der Waals surface area contributed by atoms with Gasteiger partial charge in [-0.25, -0.2) is 4.79 Å². The average Bonchev–Trinajstić information content (AvgIpc) is 2.80. The molecule has 2 rings (SSSR count). The van der Waals surface area contributed by atoms with E-state index in [0.717, 1.165) is 17.7 Å². The van der Waals surface area contributed by atoms with Crippen LogP contribution in [0.5, 0.6) is 0 Å². The van der Waals surface area contributed by atoms with Gasteiger partial charge >= 0.3 is 5.97 Å². The van der Waals surface area contributed by atoms with Gasteiger partial charge in [0.1, 0.15) is 6.10 Å². The molecular formula is C12H12O3S. The molecule has 1 unspecified atom stereocenters. The number of carboxylic acid groups (broad SMARTS) is 1. The van der Waals surface area contributed by atoms with E-state index in [1.54, 1.807) is 12.3 Å². The Morgan fingerprint density at radius 2 is 2.50 bits per heavy atom. The summed E-state index contributed by atoms with van der Waals surface area (Å²) in [6.07, 6.45) is 6.90. The summed E-state index contributed by atoms with van der Waals surface area (Å²) in [6.45, 7) is 0. The summed E-state index contributed by atoms with van der Waals surface area (Å²) in [6, 6.07) is 3.65. The molecule has 1 atom stereocenters. The third-order valence-electron chi connectivity index (χ3n) is 2.34. The molecule has 0 bridgehead atoms. The van der Waals surface area contributed by atoms with Gasteiger partial charge < -0.3 is 9.84 Å². The average molecular weight is 236 g/mol. The van der Waals surface area contributed by atoms with E-state index >= 15 is 0 Å². The molecule has 1 aliphatic rings. The van der Waals surface area contributed by atoms with E-state index < -0.39 is 5.97 Å². The Kier molecular flexibility index (Phi) is 3.41. The van der Waals surface area contributed by atoms with Crippen molar-refractivity contribution in [2.24, 2.45) is 0 Å². The summed E-state index contributed by atoms with van der Waals surface area (Å²) in [5.41, 5.74) is 0.329. The summed E-state index contributed by atoms with van der Waals surface area (Å²) in [5.74, 6) is -0.902. The van der Waals surface area contributed by atoms with Crippen LogP contribution in [-0.4, -0.2) is 17.2 Å². The number of aliphatic carboxylic acids is 1. The Hall–Kier alpha value is -1.55. The van der Waals surface area contributed by atoms with Crippen molar-refractivity contribution in [3.63, 3.8) is 0 Å². The predicted molar refractivity (Wildman–Crippen MR) is 63.2 cm³/mol. The summed E-state index contributed by atoms with van der Waals surface area (Å²) >= 11 is 1.43. The van der Waals surface area contributed by atoms with Crippen molar-refractivity contribution in [1.82, 2.24) is 0 Å². The van der Waals surface area contributed by atoms with Gasteiger partial charge in [0, 0.05) is 4.88 Å². The Balaban J connectivity index is 2.22. The second-order valence-electron chi connectivity index (χ2n) is 3.49. The van der Waals surface area contributed by atoms with E-state index in [0.29, 0.717) is 5.57 Å². The molecule has 0 aromatic carbocycles. The van der Waals surface area contributed by atoms with Crippen LogP contribution in [0.15, 0.2) is 35.9 Å². The fourth-order valence-electron chi connectivity index (χ4n) is 1.55. The molecule has 0 saturated heterocycles. The number of carbonyl (C=O) groups is 1. The third kappa shape index (κ3) is 2.52. The molecule has 1 aliphatic heterocycles. The van der Waals surface area contributed by atoms with Crippen molar-refractivity contribution in [3.05, 3.63) is 40.8 Å². The van der Waals surface area contributed by atoms with Crippen LogP contribution >= 0.6 is 11.3 Å². The molecule has 3 nitrogen and oxygen atoms in total. The van der Waals surface area contributed by atoms with E-state index in [9.17, 15) is 4.79 Å². The van der Waals surface area contributed by atoms with E-state index in [2.05, 4.69) is 0 Å². The predicted octanol–water partition coefficient (Wildman–Crippen LogP) is 2.91. The molecule has 0 radical (unpaired) electrons. The minimum atomic E-state index is -0.902. The van der Waals surface area contributed by atoms with Gasteiger partial charge in [-0.15, -0.1) is 11.3 Å². The van der Waals surface area contributed by atoms with Crippen molar-refractivity contribution in [1.29, 1.82) is 0 Å². The Bertz CT molecular complexity index is 417. The van der Waals surface area contributed by atoms with E-state index in [4.69, 9.17) is 9.84 Å². The molecule has 0 fully saturated rings. The largest absolute Gasteiger partial charge is 0.494 e. The number of allylic oxidation sites excluding steroid dienone is 1. The molecule has 0 amide bonds. The van der Waals surface area contributed by atoms with Gasteiger partial charge in [0.2, 0.25) is 0 Å². The minimum Gasteiger partial charge on any atom is -0.494 e. The van der Waals surface area contributed by atoms with Crippen LogP contribution in [-0.2, 0) is 9.53 Å². The highest BCUT2D eigenvalue weighted by atomic mass is 32.1. The summed E-state index contributed by atoms with van der Waals surface area (Å²) in [4.78, 5) is 11.9. The quantitative estimate of drug-likeness (QED) is 0.821. The number of thiophene rings is 1. The smallest absolute Gasteiger partial charge is 0.336 e. The summed E-state index contributed by atoms with van der Waals surface area (Å²) in [7, 11) is 0. The normalized spacial score (nSPS) is 20.5. The van der Waals surface area contributed by atoms with E-state index in [1.165, 1.54) is 11.3 Å². The van der Waals surface area contributed by atoms with Crippen LogP contribution in [0.25, 0.3) is 5.57 Å². The SMILES string of the molecule is O=C(O)/C(=C/C1CCC=CO1)c1cccs1. The standard InChI is InChI=1S/C12H12O3S/c13-12(14)10(11-5-3-7-16-11)8-9-4-1-2-6-15-9/h2-3,5-9H,1,4H2,(H,13,14)/b10-8+. The Morgan fingerprint density at radius 3 is 3.06 bits per heavy atom. The second-order valence-corrected chi connectivity index (χ2v) is 4.43. The van der Waals surface area contributed by atoms with Crippen LogP contribution in [0, 0.1) is 0 Å². The first-order valence-corrected chi connectivity index (χ1v) is 5.95. The summed E-state index contributed by atoms with van der Waals surface area (Å²) in [5, 5.41) is 11.0. The molecule has 1 aromatic rings. The van der Waals surface area contributed by atoms with Crippen LogP contribution in [0.1, 0.15) is 17.7 Å². The van der Waals surface area contributed by atoms with Gasteiger partial charge in [-0.05, 0) is 36.4 Å². The number of rotatable bonds is 3. The van der Waals surface area contributed by atoms with Crippen molar-refractivity contribution in [2.45, 2.75) is 18.9 Å². The first kappa shape index (κ1) is 11.0. The minimum absolute atomic E-state index is 0.127. The molecule has 1 aromatic heterocycles. The maximum atomic E-state index is 11.1. The molecule has 0 saturated carbocycles. The van der Waals surface area contributed by atoms with E-state index in [1.807, 2.05) is 23.6 Å². The maximum Gasteiger partial charge on any atom is 0.336 e. The lowest BCUT2D eigenvalue weighted by Gasteiger charge is -2.16. The van der Waals surface area contributed by atoms with Crippen LogP contribution in [0.3, 0.4) is 0 Å². The van der Waals surface area contributed by atoms with Gasteiger partial charge in [0.05, 0.1) is 11.8 Å². The number of ether oxygens (including phenoxy) is 1. The molecule has 0 spiro atoms. The zero-order chi connectivity index (χ0) is 11.4. The highest BCUT2D eigenvalue weighted by molar-refractivity contribution is 7.11. The zero-order valence-electron chi connectivity index (χ0n) is 8.63. The third-order valence-corrected chi connectivity index (χ3v) is 3.24. The lowest BCUT2D eigenvalue weighted by molar-refractivity contribution is -0.130. The number of carboxylic acids is 1. The highest BCUT2D eigenvalue weighted by Gasteiger charge is 2.16. The monoisotopic (exact) mass is 236 g/mol. The lowest BCUT2D eigenvalue weighted by atomic mass is 10.1. The molecular weight excluding hydrogens is 224 g/mol. The zero-order valence-corrected chi connectivity index (χ0v) is 9.44. The molecule has 0 aliphatic carbocycles. The summed E-state index contributed by atoms with van der Waals surface area (Å²) < 4.78 is 5.34. The lowest BCUT2D eigenvalue weighted by Crippen LogP contribution is -2.11. The van der Waals surface area contributed by atoms with Gasteiger partial charge in [-0.1, -0.05) is 6.07 Å². The van der Waals surface area contributed by atoms with Crippen molar-refractivity contribution >= 4 is 22.9 Å². The first-order chi connectivity index (χ1) is 7.77. The molecule has 4 heteroatoms. The fourth-order valence-corrected chi connectivity index (χ4v) is 2.30. The van der Waals surface area contributed by atoms with Gasteiger partial charge in [0.15, 0.2) is 0 Å². The molecule has 84 valence electrons. The van der Waals surface area contributed by atoms with Gasteiger partial charge in [0.25, 0.3) is 0 Å². The van der Waals surface area contributed by atoms with Crippen LogP contribution in [0.4, 0.5) is 0 Å². The molecule has 1 N–H and O–H groups in total. The first-order valence-electron chi connectivity index (χ1n) is 5.07. The van der Waals surface area contributed by atoms with Crippen molar-refractivity contribution < 1.29 is 14.6 Å². The van der Waals surface area contributed by atoms with Crippen molar-refractivity contribution in [3.8, 4) is 0 Å². The Labute approximate surface area is 97.7 Å². The van der Waals surface area contributed by atoms with Gasteiger partial charge in [-0.3, -0.25) is 0 Å². The fraction of sp³-hybridized carbons (Fsp3) is 0.250. The Morgan fingerprint density at radius 1 is 1.62 bits per heavy atom. The van der Waals surface area contributed by atoms with Crippen LogP contribution in [0.2, 0.25) is 0 Å². The molecule has 16 heavy (non-hydrogen) atoms. The topological polar surface area (TPSA) is 46.5 Å². The second kappa shape index (κ2) is 4.99. The van der Waals surface area contributed by atoms with E-state index in [-0.39, 0.29) is 6.10 Å². The van der Waals surface area contributed by atoms with Crippen molar-refractivity contribution in [2.75, 3.05) is 0 Å².